The molecule has 1 aliphatic rings. The van der Waals surface area contributed by atoms with Crippen molar-refractivity contribution in [3.63, 3.8) is 0 Å². The van der Waals surface area contributed by atoms with E-state index in [0.29, 0.717) is 61.4 Å². The lowest BCUT2D eigenvalue weighted by atomic mass is 9.87. The van der Waals surface area contributed by atoms with E-state index in [0.717, 1.165) is 5.56 Å². The lowest BCUT2D eigenvalue weighted by molar-refractivity contribution is -0.165. The first kappa shape index (κ1) is 43.4. The number of carboxylic acids is 1. The van der Waals surface area contributed by atoms with Gasteiger partial charge in [-0.2, -0.15) is 0 Å². The Labute approximate surface area is 315 Å². The van der Waals surface area contributed by atoms with Crippen molar-refractivity contribution in [2.75, 3.05) is 46.3 Å². The standard InChI is InChI=1S/C39H53N3O12/c1-39(2,24-53-35(47)23-28(43)18-19-40-3)36(48)37(49)42-20-7-6-11-29(42)38(50)54-30(14-12-25-13-15-31(51-4)32(21-25)52-5)26-9-8-10-27(22-26)41-33(44)16-17-34(45)46/h8-10,13,15,21-22,28-30,40,43H,6-7,11-12,14,16-20,23-24H2,1-5H3,(H,41,44)(H,45,46)/t28?,29-,30+/m0/s1. The fraction of sp³-hybridized carbons (Fsp3) is 0.538. The summed E-state index contributed by atoms with van der Waals surface area (Å²) in [6.07, 6.45) is -0.0790. The molecule has 0 spiro atoms. The van der Waals surface area contributed by atoms with Gasteiger partial charge in [0.1, 0.15) is 18.8 Å². The lowest BCUT2D eigenvalue weighted by Crippen LogP contribution is -2.53. The summed E-state index contributed by atoms with van der Waals surface area (Å²) in [5, 5.41) is 24.5. The predicted molar refractivity (Wildman–Crippen MR) is 197 cm³/mol. The van der Waals surface area contributed by atoms with E-state index in [1.54, 1.807) is 37.4 Å². The number of aliphatic carboxylic acids is 1. The molecule has 4 N–H and O–H groups in total. The number of ether oxygens (including phenoxy) is 4. The molecule has 0 radical (unpaired) electrons. The van der Waals surface area contributed by atoms with Crippen molar-refractivity contribution in [2.24, 2.45) is 5.41 Å². The van der Waals surface area contributed by atoms with Gasteiger partial charge in [-0.25, -0.2) is 4.79 Å². The Kier molecular flexibility index (Phi) is 16.9. The quantitative estimate of drug-likeness (QED) is 0.106. The van der Waals surface area contributed by atoms with Crippen LogP contribution in [0.2, 0.25) is 0 Å². The number of benzene rings is 2. The molecule has 1 aliphatic heterocycles. The summed E-state index contributed by atoms with van der Waals surface area (Å²) in [5.74, 6) is -3.64. The van der Waals surface area contributed by atoms with Crippen molar-refractivity contribution in [3.05, 3.63) is 53.6 Å². The summed E-state index contributed by atoms with van der Waals surface area (Å²) in [4.78, 5) is 78.1. The third kappa shape index (κ3) is 13.1. The van der Waals surface area contributed by atoms with Crippen LogP contribution in [0.4, 0.5) is 5.69 Å². The van der Waals surface area contributed by atoms with E-state index in [1.165, 1.54) is 33.0 Å². The van der Waals surface area contributed by atoms with Gasteiger partial charge in [-0.05, 0) is 101 Å². The molecule has 0 saturated carbocycles. The number of carbonyl (C=O) groups is 6. The van der Waals surface area contributed by atoms with Crippen molar-refractivity contribution in [1.29, 1.82) is 0 Å². The van der Waals surface area contributed by atoms with Crippen LogP contribution in [0, 0.1) is 5.41 Å². The number of rotatable bonds is 21. The average Bonchev–Trinajstić information content (AvgIpc) is 3.16. The molecule has 296 valence electrons. The number of hydrogen-bond donors (Lipinski definition) is 4. The molecule has 1 fully saturated rings. The molecule has 2 aromatic rings. The first-order valence-corrected chi connectivity index (χ1v) is 18.1. The van der Waals surface area contributed by atoms with Gasteiger partial charge in [-0.1, -0.05) is 18.2 Å². The minimum atomic E-state index is -1.41. The van der Waals surface area contributed by atoms with Crippen LogP contribution >= 0.6 is 0 Å². The van der Waals surface area contributed by atoms with Crippen LogP contribution in [0.15, 0.2) is 42.5 Å². The number of hydrogen-bond acceptors (Lipinski definition) is 12. The Morgan fingerprint density at radius 1 is 0.963 bits per heavy atom. The van der Waals surface area contributed by atoms with Gasteiger partial charge >= 0.3 is 17.9 Å². The summed E-state index contributed by atoms with van der Waals surface area (Å²) < 4.78 is 22.2. The first-order chi connectivity index (χ1) is 25.7. The van der Waals surface area contributed by atoms with Gasteiger partial charge in [-0.15, -0.1) is 0 Å². The molecule has 1 heterocycles. The highest BCUT2D eigenvalue weighted by molar-refractivity contribution is 6.38. The minimum Gasteiger partial charge on any atom is -0.493 e. The molecule has 0 aromatic heterocycles. The van der Waals surface area contributed by atoms with Gasteiger partial charge in [0.2, 0.25) is 11.7 Å². The Balaban J connectivity index is 1.80. The first-order valence-electron chi connectivity index (χ1n) is 18.1. The number of carboxylic acid groups (broad SMARTS) is 1. The molecule has 2 amide bonds. The van der Waals surface area contributed by atoms with Crippen LogP contribution in [0.1, 0.15) is 82.4 Å². The number of aryl methyl sites for hydroxylation is 1. The Hall–Kier alpha value is -5.02. The second-order valence-electron chi connectivity index (χ2n) is 13.9. The highest BCUT2D eigenvalue weighted by Crippen LogP contribution is 2.32. The van der Waals surface area contributed by atoms with E-state index >= 15 is 0 Å². The van der Waals surface area contributed by atoms with Crippen LogP contribution in [0.3, 0.4) is 0 Å². The third-order valence-electron chi connectivity index (χ3n) is 9.08. The summed E-state index contributed by atoms with van der Waals surface area (Å²) in [6.45, 7) is 3.22. The number of amides is 2. The lowest BCUT2D eigenvalue weighted by Gasteiger charge is -2.36. The number of likely N-dealkylation sites (tertiary alicyclic amines) is 1. The van der Waals surface area contributed by atoms with E-state index in [-0.39, 0.29) is 38.8 Å². The average molecular weight is 756 g/mol. The molecule has 3 atom stereocenters. The normalized spacial score (nSPS) is 15.4. The van der Waals surface area contributed by atoms with Crippen LogP contribution in [-0.2, 0) is 44.7 Å². The molecule has 0 aliphatic carbocycles. The highest BCUT2D eigenvalue weighted by atomic mass is 16.5. The number of methoxy groups -OCH3 is 2. The monoisotopic (exact) mass is 755 g/mol. The molecule has 1 saturated heterocycles. The largest absolute Gasteiger partial charge is 0.493 e. The zero-order chi connectivity index (χ0) is 39.8. The maximum Gasteiger partial charge on any atom is 0.329 e. The van der Waals surface area contributed by atoms with Crippen molar-refractivity contribution in [3.8, 4) is 11.5 Å². The van der Waals surface area contributed by atoms with Gasteiger partial charge in [0.05, 0.1) is 38.6 Å². The number of esters is 2. The molecule has 1 unspecified atom stereocenters. The zero-order valence-electron chi connectivity index (χ0n) is 31.7. The Morgan fingerprint density at radius 3 is 2.39 bits per heavy atom. The second kappa shape index (κ2) is 21.0. The van der Waals surface area contributed by atoms with E-state index in [4.69, 9.17) is 24.1 Å². The molecule has 54 heavy (non-hydrogen) atoms. The fourth-order valence-electron chi connectivity index (χ4n) is 5.94. The van der Waals surface area contributed by atoms with Gasteiger partial charge in [0.15, 0.2) is 11.5 Å². The molecular formula is C39H53N3O12. The maximum atomic E-state index is 14.0. The van der Waals surface area contributed by atoms with Gasteiger partial charge in [-0.3, -0.25) is 24.0 Å². The summed E-state index contributed by atoms with van der Waals surface area (Å²) in [7, 11) is 4.78. The topological polar surface area (TPSA) is 207 Å². The minimum absolute atomic E-state index is 0.145. The van der Waals surface area contributed by atoms with Crippen LogP contribution in [0.25, 0.3) is 0 Å². The molecule has 0 bridgehead atoms. The maximum absolute atomic E-state index is 14.0. The fourth-order valence-corrected chi connectivity index (χ4v) is 5.94. The third-order valence-corrected chi connectivity index (χ3v) is 9.08. The zero-order valence-corrected chi connectivity index (χ0v) is 31.7. The number of anilines is 1. The number of ketones is 1. The molecule has 2 aromatic carbocycles. The van der Waals surface area contributed by atoms with Crippen molar-refractivity contribution >= 4 is 41.2 Å². The Bertz CT molecular complexity index is 1630. The van der Waals surface area contributed by atoms with Crippen LogP contribution in [-0.4, -0.2) is 104 Å². The highest BCUT2D eigenvalue weighted by Gasteiger charge is 2.42. The van der Waals surface area contributed by atoms with Gasteiger partial charge in [0.25, 0.3) is 5.91 Å². The number of carbonyl (C=O) groups excluding carboxylic acids is 5. The smallest absolute Gasteiger partial charge is 0.329 e. The SMILES string of the molecule is CNCCC(O)CC(=O)OCC(C)(C)C(=O)C(=O)N1CCCC[C@H]1C(=O)O[C@H](CCc1ccc(OC)c(OC)c1)c1cccc(NC(=O)CCC(=O)O)c1. The number of piperidine rings is 1. The van der Waals surface area contributed by atoms with E-state index in [1.807, 2.05) is 12.1 Å². The number of nitrogens with one attached hydrogen (secondary N) is 2. The number of aliphatic hydroxyl groups is 1. The summed E-state index contributed by atoms with van der Waals surface area (Å²) >= 11 is 0. The number of aliphatic hydroxyl groups excluding tert-OH is 1. The number of nitrogens with zero attached hydrogens (tertiary/aromatic N) is 1. The van der Waals surface area contributed by atoms with Crippen LogP contribution in [0.5, 0.6) is 11.5 Å². The van der Waals surface area contributed by atoms with Crippen molar-refractivity contribution in [1.82, 2.24) is 10.2 Å². The second-order valence-corrected chi connectivity index (χ2v) is 13.9. The van der Waals surface area contributed by atoms with Crippen molar-refractivity contribution in [2.45, 2.75) is 89.9 Å². The molecule has 15 nitrogen and oxygen atoms in total. The summed E-state index contributed by atoms with van der Waals surface area (Å²) in [5.41, 5.74) is 0.378. The Morgan fingerprint density at radius 2 is 1.70 bits per heavy atom. The van der Waals surface area contributed by atoms with E-state index < -0.39 is 59.2 Å². The van der Waals surface area contributed by atoms with Crippen LogP contribution < -0.4 is 20.1 Å². The summed E-state index contributed by atoms with van der Waals surface area (Å²) in [6, 6.07) is 11.1. The predicted octanol–water partition coefficient (Wildman–Crippen LogP) is 3.60. The van der Waals surface area contributed by atoms with Gasteiger partial charge in [0, 0.05) is 18.7 Å². The van der Waals surface area contributed by atoms with E-state index in [2.05, 4.69) is 10.6 Å². The number of Topliss-reactive ketones (excluding diaryl/α,β-unsaturated/α-hetero) is 1. The van der Waals surface area contributed by atoms with E-state index in [9.17, 15) is 33.9 Å². The van der Waals surface area contributed by atoms with Crippen molar-refractivity contribution < 1.29 is 57.9 Å². The molecule has 15 heteroatoms. The molecular weight excluding hydrogens is 702 g/mol. The molecule has 3 rings (SSSR count). The van der Waals surface area contributed by atoms with Gasteiger partial charge < -0.3 is 44.7 Å².